The van der Waals surface area contributed by atoms with E-state index in [0.717, 1.165) is 32.1 Å². The average Bonchev–Trinajstić information content (AvgIpc) is 2.41. The Balaban J connectivity index is 3.96. The third kappa shape index (κ3) is 8.33. The van der Waals surface area contributed by atoms with Crippen LogP contribution in [0.4, 0.5) is 0 Å². The van der Waals surface area contributed by atoms with Gasteiger partial charge in [0.15, 0.2) is 0 Å². The minimum atomic E-state index is -0.454. The van der Waals surface area contributed by atoms with E-state index in [9.17, 15) is 9.59 Å². The van der Waals surface area contributed by atoms with Crippen molar-refractivity contribution in [3.63, 3.8) is 0 Å². The highest BCUT2D eigenvalue weighted by Gasteiger charge is 2.26. The molecular weight excluding hydrogens is 268 g/mol. The highest BCUT2D eigenvalue weighted by Crippen LogP contribution is 2.24. The molecular formula is C17H28O4. The van der Waals surface area contributed by atoms with Crippen molar-refractivity contribution in [2.45, 2.75) is 65.4 Å². The summed E-state index contributed by atoms with van der Waals surface area (Å²) in [4.78, 5) is 22.8. The summed E-state index contributed by atoms with van der Waals surface area (Å²) in [6.45, 7) is 14.7. The molecule has 0 aliphatic rings. The fraction of sp³-hybridized carbons (Fsp3) is 0.647. The van der Waals surface area contributed by atoms with Crippen molar-refractivity contribution in [2.24, 2.45) is 0 Å². The molecule has 0 rings (SSSR count). The molecule has 0 fully saturated rings. The van der Waals surface area contributed by atoms with E-state index in [-0.39, 0.29) is 11.9 Å². The molecule has 1 unspecified atom stereocenters. The molecule has 0 N–H and O–H groups in total. The van der Waals surface area contributed by atoms with Crippen LogP contribution in [-0.4, -0.2) is 24.1 Å². The van der Waals surface area contributed by atoms with Gasteiger partial charge in [-0.05, 0) is 52.9 Å². The Morgan fingerprint density at radius 2 is 1.57 bits per heavy atom. The van der Waals surface area contributed by atoms with Crippen molar-refractivity contribution in [1.29, 1.82) is 0 Å². The van der Waals surface area contributed by atoms with Gasteiger partial charge >= 0.3 is 11.9 Å². The zero-order valence-electron chi connectivity index (χ0n) is 13.8. The lowest BCUT2D eigenvalue weighted by atomic mass is 9.95. The van der Waals surface area contributed by atoms with E-state index in [4.69, 9.17) is 9.47 Å². The maximum Gasteiger partial charge on any atom is 0.333 e. The first-order valence-corrected chi connectivity index (χ1v) is 7.43. The van der Waals surface area contributed by atoms with Crippen LogP contribution in [0.3, 0.4) is 0 Å². The molecule has 0 radical (unpaired) electrons. The van der Waals surface area contributed by atoms with Crippen LogP contribution < -0.4 is 0 Å². The molecule has 0 aromatic heterocycles. The highest BCUT2D eigenvalue weighted by molar-refractivity contribution is 5.87. The monoisotopic (exact) mass is 296 g/mol. The van der Waals surface area contributed by atoms with E-state index in [1.165, 1.54) is 0 Å². The molecule has 0 bridgehead atoms. The van der Waals surface area contributed by atoms with Gasteiger partial charge in [-0.15, -0.1) is 0 Å². The second-order valence-corrected chi connectivity index (χ2v) is 5.70. The number of carbonyl (C=O) groups is 2. The fourth-order valence-electron chi connectivity index (χ4n) is 1.68. The number of ether oxygens (including phenoxy) is 2. The van der Waals surface area contributed by atoms with Gasteiger partial charge in [-0.3, -0.25) is 0 Å². The summed E-state index contributed by atoms with van der Waals surface area (Å²) < 4.78 is 10.5. The maximum atomic E-state index is 11.6. The number of rotatable bonds is 10. The Labute approximate surface area is 128 Å². The van der Waals surface area contributed by atoms with Crippen molar-refractivity contribution in [3.05, 3.63) is 24.3 Å². The molecule has 120 valence electrons. The van der Waals surface area contributed by atoms with Crippen LogP contribution in [0.2, 0.25) is 0 Å². The first kappa shape index (κ1) is 19.4. The van der Waals surface area contributed by atoms with Crippen LogP contribution in [-0.2, 0) is 19.1 Å². The molecule has 0 saturated heterocycles. The fourth-order valence-corrected chi connectivity index (χ4v) is 1.68. The Kier molecular flexibility index (Phi) is 8.67. The van der Waals surface area contributed by atoms with Crippen molar-refractivity contribution in [3.8, 4) is 0 Å². The summed E-state index contributed by atoms with van der Waals surface area (Å²) in [7, 11) is 0. The molecule has 1 atom stereocenters. The maximum absolute atomic E-state index is 11.6. The van der Waals surface area contributed by atoms with Crippen LogP contribution in [0.1, 0.15) is 59.8 Å². The van der Waals surface area contributed by atoms with E-state index in [2.05, 4.69) is 13.2 Å². The Morgan fingerprint density at radius 3 is 2.05 bits per heavy atom. The first-order chi connectivity index (χ1) is 9.72. The molecule has 0 spiro atoms. The number of esters is 2. The molecule has 0 aliphatic carbocycles. The van der Waals surface area contributed by atoms with Gasteiger partial charge < -0.3 is 9.47 Å². The smallest absolute Gasteiger partial charge is 0.333 e. The molecule has 0 aromatic carbocycles. The molecule has 4 heteroatoms. The van der Waals surface area contributed by atoms with Gasteiger partial charge in [0.05, 0.1) is 6.61 Å². The summed E-state index contributed by atoms with van der Waals surface area (Å²) in [5, 5.41) is 0. The summed E-state index contributed by atoms with van der Waals surface area (Å²) in [5.74, 6) is -0.682. The van der Waals surface area contributed by atoms with Crippen LogP contribution in [0.25, 0.3) is 0 Å². The number of carbonyl (C=O) groups excluding carboxylic acids is 2. The zero-order chi connectivity index (χ0) is 16.5. The normalized spacial score (nSPS) is 13.1. The van der Waals surface area contributed by atoms with Crippen molar-refractivity contribution in [1.82, 2.24) is 0 Å². The second kappa shape index (κ2) is 9.37. The summed E-state index contributed by atoms with van der Waals surface area (Å²) >= 11 is 0. The quantitative estimate of drug-likeness (QED) is 0.348. The van der Waals surface area contributed by atoms with Crippen molar-refractivity contribution >= 4 is 11.9 Å². The molecule has 0 heterocycles. The third-order valence-electron chi connectivity index (χ3n) is 3.37. The SMILES string of the molecule is C=C(C)C(=O)OCCCCCC(C)(CC)OC(=O)C(=C)C. The van der Waals surface area contributed by atoms with Gasteiger partial charge in [0.1, 0.15) is 5.60 Å². The number of unbranched alkanes of at least 4 members (excludes halogenated alkanes) is 2. The summed E-state index contributed by atoms with van der Waals surface area (Å²) in [6, 6.07) is 0. The minimum absolute atomic E-state index is 0.338. The van der Waals surface area contributed by atoms with Gasteiger partial charge in [-0.2, -0.15) is 0 Å². The predicted molar refractivity (Wildman–Crippen MR) is 83.8 cm³/mol. The molecule has 0 aromatic rings. The Morgan fingerprint density at radius 1 is 1.00 bits per heavy atom. The summed E-state index contributed by atoms with van der Waals surface area (Å²) in [5.41, 5.74) is 0.381. The predicted octanol–water partition coefficient (Wildman–Crippen LogP) is 3.95. The Bertz CT molecular complexity index is 398. The molecule has 0 amide bonds. The summed E-state index contributed by atoms with van der Waals surface area (Å²) in [6.07, 6.45) is 4.18. The average molecular weight is 296 g/mol. The molecule has 0 saturated carbocycles. The van der Waals surface area contributed by atoms with Gasteiger partial charge in [-0.25, -0.2) is 9.59 Å². The largest absolute Gasteiger partial charge is 0.462 e. The standard InChI is InChI=1S/C17H28O4/c1-7-17(6,21-16(19)14(4)5)11-9-8-10-12-20-15(18)13(2)3/h2,4,7-12H2,1,3,5-6H3. The van der Waals surface area contributed by atoms with Crippen LogP contribution >= 0.6 is 0 Å². The Hall–Kier alpha value is -1.58. The zero-order valence-corrected chi connectivity index (χ0v) is 13.8. The van der Waals surface area contributed by atoms with Crippen molar-refractivity contribution < 1.29 is 19.1 Å². The number of hydrogen-bond acceptors (Lipinski definition) is 4. The minimum Gasteiger partial charge on any atom is -0.462 e. The van der Waals surface area contributed by atoms with Gasteiger partial charge in [0.25, 0.3) is 0 Å². The molecule has 4 nitrogen and oxygen atoms in total. The lowest BCUT2D eigenvalue weighted by Gasteiger charge is -2.28. The molecule has 0 aliphatic heterocycles. The third-order valence-corrected chi connectivity index (χ3v) is 3.37. The molecule has 21 heavy (non-hydrogen) atoms. The van der Waals surface area contributed by atoms with E-state index in [1.807, 2.05) is 13.8 Å². The topological polar surface area (TPSA) is 52.6 Å². The van der Waals surface area contributed by atoms with Crippen LogP contribution in [0.15, 0.2) is 24.3 Å². The van der Waals surface area contributed by atoms with Gasteiger partial charge in [0, 0.05) is 11.1 Å². The van der Waals surface area contributed by atoms with E-state index in [1.54, 1.807) is 13.8 Å². The van der Waals surface area contributed by atoms with Crippen LogP contribution in [0, 0.1) is 0 Å². The van der Waals surface area contributed by atoms with E-state index < -0.39 is 5.60 Å². The lowest BCUT2D eigenvalue weighted by Crippen LogP contribution is -2.31. The van der Waals surface area contributed by atoms with E-state index in [0.29, 0.717) is 17.8 Å². The van der Waals surface area contributed by atoms with Crippen molar-refractivity contribution in [2.75, 3.05) is 6.61 Å². The lowest BCUT2D eigenvalue weighted by molar-refractivity contribution is -0.154. The van der Waals surface area contributed by atoms with E-state index >= 15 is 0 Å². The van der Waals surface area contributed by atoms with Crippen LogP contribution in [0.5, 0.6) is 0 Å². The second-order valence-electron chi connectivity index (χ2n) is 5.70. The van der Waals surface area contributed by atoms with Gasteiger partial charge in [-0.1, -0.05) is 20.1 Å². The first-order valence-electron chi connectivity index (χ1n) is 7.43. The van der Waals surface area contributed by atoms with Gasteiger partial charge in [0.2, 0.25) is 0 Å². The number of hydrogen-bond donors (Lipinski definition) is 0. The highest BCUT2D eigenvalue weighted by atomic mass is 16.6.